The molecule has 4 heteroatoms. The zero-order chi connectivity index (χ0) is 17.2. The van der Waals surface area contributed by atoms with Crippen LogP contribution in [-0.2, 0) is 5.60 Å². The predicted molar refractivity (Wildman–Crippen MR) is 104 cm³/mol. The summed E-state index contributed by atoms with van der Waals surface area (Å²) in [7, 11) is 0. The topological polar surface area (TPSA) is 9.23 Å². The van der Waals surface area contributed by atoms with Crippen LogP contribution in [0.4, 0.5) is 0 Å². The van der Waals surface area contributed by atoms with Gasteiger partial charge in [-0.3, -0.25) is 0 Å². The van der Waals surface area contributed by atoms with Crippen molar-refractivity contribution in [1.29, 1.82) is 0 Å². The molecule has 1 aromatic heterocycles. The molecule has 2 aromatic carbocycles. The lowest BCUT2D eigenvalue weighted by molar-refractivity contribution is 0.141. The summed E-state index contributed by atoms with van der Waals surface area (Å²) < 4.78 is 5.54. The fraction of sp³-hybridized carbons (Fsp3) is 0.238. The molecule has 2 heterocycles. The van der Waals surface area contributed by atoms with Gasteiger partial charge in [0.25, 0.3) is 0 Å². The van der Waals surface area contributed by atoms with Gasteiger partial charge in [-0.25, -0.2) is 0 Å². The van der Waals surface area contributed by atoms with Crippen LogP contribution in [0.5, 0.6) is 5.75 Å². The number of alkyl halides is 2. The van der Waals surface area contributed by atoms with Gasteiger partial charge in [-0.05, 0) is 35.6 Å². The van der Waals surface area contributed by atoms with Crippen molar-refractivity contribution in [1.82, 2.24) is 0 Å². The van der Waals surface area contributed by atoms with Crippen molar-refractivity contribution in [3.8, 4) is 5.75 Å². The summed E-state index contributed by atoms with van der Waals surface area (Å²) in [5.41, 5.74) is 3.01. The maximum absolute atomic E-state index is 6.90. The lowest BCUT2D eigenvalue weighted by Gasteiger charge is -2.31. The first-order valence-corrected chi connectivity index (χ1v) is 9.96. The molecule has 1 aliphatic carbocycles. The van der Waals surface area contributed by atoms with Crippen molar-refractivity contribution < 1.29 is 4.74 Å². The van der Waals surface area contributed by atoms with Crippen molar-refractivity contribution in [2.45, 2.75) is 22.8 Å². The van der Waals surface area contributed by atoms with Crippen molar-refractivity contribution in [2.24, 2.45) is 5.92 Å². The molecule has 0 bridgehead atoms. The molecule has 0 spiro atoms. The molecule has 1 aliphatic heterocycles. The first-order chi connectivity index (χ1) is 12.1. The van der Waals surface area contributed by atoms with Crippen LogP contribution in [0.1, 0.15) is 27.5 Å². The minimum atomic E-state index is -0.955. The number of halogens is 2. The molecule has 3 atom stereocenters. The number of fused-ring (bicyclic) bond motifs is 2. The van der Waals surface area contributed by atoms with E-state index in [1.165, 1.54) is 11.1 Å². The number of aryl methyl sites for hydroxylation is 1. The van der Waals surface area contributed by atoms with Crippen LogP contribution in [0.2, 0.25) is 0 Å². The van der Waals surface area contributed by atoms with Gasteiger partial charge in [0.15, 0.2) is 9.93 Å². The number of hydrogen-bond acceptors (Lipinski definition) is 2. The zero-order valence-electron chi connectivity index (χ0n) is 13.6. The summed E-state index contributed by atoms with van der Waals surface area (Å²) in [5, 5.41) is 2.05. The van der Waals surface area contributed by atoms with E-state index in [1.54, 1.807) is 11.3 Å². The molecule has 25 heavy (non-hydrogen) atoms. The number of thiophene rings is 1. The second kappa shape index (κ2) is 5.26. The van der Waals surface area contributed by atoms with Crippen molar-refractivity contribution in [2.75, 3.05) is 0 Å². The Labute approximate surface area is 161 Å². The van der Waals surface area contributed by atoms with Gasteiger partial charge in [-0.2, -0.15) is 0 Å². The minimum Gasteiger partial charge on any atom is -0.478 e. The van der Waals surface area contributed by atoms with Gasteiger partial charge in [-0.15, -0.1) is 11.3 Å². The Morgan fingerprint density at radius 2 is 1.64 bits per heavy atom. The third kappa shape index (κ3) is 1.96. The van der Waals surface area contributed by atoms with Gasteiger partial charge >= 0.3 is 0 Å². The molecule has 1 nitrogen and oxygen atoms in total. The van der Waals surface area contributed by atoms with Crippen molar-refractivity contribution >= 4 is 34.5 Å². The standard InChI is InChI=1S/C21H16Cl2OS/c1-13-7-2-3-8-14(13)18-15-9-4-5-10-16(15)24-20(17-11-6-12-25-17)19(18)21(20,22)23/h2-12,18-19H,1H3/t18-,19+,20+/m0/s1. The third-order valence-electron chi connectivity index (χ3n) is 5.51. The molecule has 3 aromatic rings. The van der Waals surface area contributed by atoms with Gasteiger partial charge in [-0.1, -0.05) is 71.7 Å². The summed E-state index contributed by atoms with van der Waals surface area (Å²) in [6, 6.07) is 20.8. The Hall–Kier alpha value is -1.48. The lowest BCUT2D eigenvalue weighted by atomic mass is 9.81. The van der Waals surface area contributed by atoms with E-state index in [9.17, 15) is 0 Å². The molecule has 0 radical (unpaired) electrons. The Balaban J connectivity index is 1.77. The van der Waals surface area contributed by atoms with Crippen molar-refractivity contribution in [3.63, 3.8) is 0 Å². The Morgan fingerprint density at radius 1 is 0.920 bits per heavy atom. The van der Waals surface area contributed by atoms with Crippen LogP contribution in [0, 0.1) is 12.8 Å². The number of para-hydroxylation sites is 1. The molecule has 1 saturated carbocycles. The number of benzene rings is 2. The average Bonchev–Trinajstić information content (AvgIpc) is 2.98. The Kier molecular flexibility index (Phi) is 3.31. The fourth-order valence-corrected chi connectivity index (χ4v) is 6.35. The van der Waals surface area contributed by atoms with Crippen LogP contribution in [0.3, 0.4) is 0 Å². The maximum Gasteiger partial charge on any atom is 0.183 e. The van der Waals surface area contributed by atoms with E-state index in [4.69, 9.17) is 27.9 Å². The third-order valence-corrected chi connectivity index (χ3v) is 7.53. The largest absolute Gasteiger partial charge is 0.478 e. The van der Waals surface area contributed by atoms with Crippen LogP contribution in [-0.4, -0.2) is 4.33 Å². The van der Waals surface area contributed by atoms with E-state index < -0.39 is 9.93 Å². The quantitative estimate of drug-likeness (QED) is 0.470. The highest BCUT2D eigenvalue weighted by atomic mass is 35.5. The highest BCUT2D eigenvalue weighted by Gasteiger charge is 2.84. The number of rotatable bonds is 2. The molecule has 2 aliphatic rings. The van der Waals surface area contributed by atoms with Gasteiger partial charge < -0.3 is 4.74 Å². The summed E-state index contributed by atoms with van der Waals surface area (Å²) >= 11 is 15.4. The Bertz CT molecular complexity index is 950. The molecule has 126 valence electrons. The van der Waals surface area contributed by atoms with Gasteiger partial charge in [0.1, 0.15) is 5.75 Å². The second-order valence-electron chi connectivity index (χ2n) is 6.79. The van der Waals surface area contributed by atoms with Gasteiger partial charge in [0.2, 0.25) is 0 Å². The second-order valence-corrected chi connectivity index (χ2v) is 9.12. The van der Waals surface area contributed by atoms with E-state index in [-0.39, 0.29) is 11.8 Å². The summed E-state index contributed by atoms with van der Waals surface area (Å²) in [4.78, 5) is 1.09. The van der Waals surface area contributed by atoms with E-state index in [1.807, 2.05) is 18.2 Å². The molecular weight excluding hydrogens is 371 g/mol. The molecule has 5 rings (SSSR count). The number of hydrogen-bond donors (Lipinski definition) is 0. The fourth-order valence-electron chi connectivity index (χ4n) is 4.31. The van der Waals surface area contributed by atoms with Crippen LogP contribution in [0.25, 0.3) is 0 Å². The van der Waals surface area contributed by atoms with E-state index >= 15 is 0 Å². The monoisotopic (exact) mass is 386 g/mol. The summed E-state index contributed by atoms with van der Waals surface area (Å²) in [6.45, 7) is 2.15. The van der Waals surface area contributed by atoms with Gasteiger partial charge in [0.05, 0.1) is 10.8 Å². The van der Waals surface area contributed by atoms with Gasteiger partial charge in [0, 0.05) is 11.5 Å². The lowest BCUT2D eigenvalue weighted by Crippen LogP contribution is -2.28. The smallest absolute Gasteiger partial charge is 0.183 e. The number of ether oxygens (including phenoxy) is 1. The highest BCUT2D eigenvalue weighted by molar-refractivity contribution is 7.10. The SMILES string of the molecule is Cc1ccccc1[C@H]1c2ccccc2O[C@]2(c3cccs3)[C@@H]1C2(Cl)Cl. The molecular formula is C21H16Cl2OS. The van der Waals surface area contributed by atoms with E-state index in [0.717, 1.165) is 16.2 Å². The molecule has 0 N–H and O–H groups in total. The zero-order valence-corrected chi connectivity index (χ0v) is 15.9. The van der Waals surface area contributed by atoms with Crippen LogP contribution < -0.4 is 4.74 Å². The summed E-state index contributed by atoms with van der Waals surface area (Å²) in [6.07, 6.45) is 0. The molecule has 0 unspecified atom stereocenters. The van der Waals surface area contributed by atoms with E-state index in [0.29, 0.717) is 0 Å². The predicted octanol–water partition coefficient (Wildman–Crippen LogP) is 6.28. The minimum absolute atomic E-state index is 0.0158. The maximum atomic E-state index is 6.90. The summed E-state index contributed by atoms with van der Waals surface area (Å²) in [5.74, 6) is 0.977. The first-order valence-electron chi connectivity index (χ1n) is 8.32. The highest BCUT2D eigenvalue weighted by Crippen LogP contribution is 2.77. The molecule has 0 amide bonds. The normalized spacial score (nSPS) is 28.6. The van der Waals surface area contributed by atoms with E-state index in [2.05, 4.69) is 54.8 Å². The molecule has 1 fully saturated rings. The van der Waals surface area contributed by atoms with Crippen molar-refractivity contribution in [3.05, 3.63) is 87.6 Å². The Morgan fingerprint density at radius 3 is 2.36 bits per heavy atom. The van der Waals surface area contributed by atoms with Crippen LogP contribution in [0.15, 0.2) is 66.0 Å². The first kappa shape index (κ1) is 15.7. The van der Waals surface area contributed by atoms with Crippen LogP contribution >= 0.6 is 34.5 Å². The molecule has 0 saturated heterocycles. The average molecular weight is 387 g/mol.